The average molecular weight is 477 g/mol. The standard InChI is InChI=1S/C17H19BrClN3O4S/c1-3-22(4-2)27(25,26)13-6-7-14(19)15(9-13)20-16(23)11-21-10-12(18)5-8-17(21)24/h5-10H,3-4,11H2,1-2H3,(H,20,23). The summed E-state index contributed by atoms with van der Waals surface area (Å²) in [5, 5.41) is 2.76. The lowest BCUT2D eigenvalue weighted by Gasteiger charge is -2.19. The third kappa shape index (κ3) is 5.19. The Morgan fingerprint density at radius 3 is 2.52 bits per heavy atom. The van der Waals surface area contributed by atoms with Gasteiger partial charge in [-0.05, 0) is 40.2 Å². The highest BCUT2D eigenvalue weighted by atomic mass is 79.9. The van der Waals surface area contributed by atoms with Crippen LogP contribution >= 0.6 is 27.5 Å². The predicted molar refractivity (Wildman–Crippen MR) is 109 cm³/mol. The van der Waals surface area contributed by atoms with Gasteiger partial charge in [0.05, 0.1) is 15.6 Å². The van der Waals surface area contributed by atoms with Crippen molar-refractivity contribution in [3.05, 3.63) is 56.4 Å². The number of pyridine rings is 1. The molecule has 2 aromatic rings. The zero-order valence-corrected chi connectivity index (χ0v) is 17.9. The first-order valence-electron chi connectivity index (χ1n) is 8.14. The highest BCUT2D eigenvalue weighted by Crippen LogP contribution is 2.27. The Hall–Kier alpha value is -1.68. The first-order valence-corrected chi connectivity index (χ1v) is 10.8. The van der Waals surface area contributed by atoms with E-state index < -0.39 is 15.9 Å². The third-order valence-corrected chi connectivity index (χ3v) is 6.66. The third-order valence-electron chi connectivity index (χ3n) is 3.82. The topological polar surface area (TPSA) is 88.5 Å². The maximum Gasteiger partial charge on any atom is 0.251 e. The smallest absolute Gasteiger partial charge is 0.251 e. The molecule has 0 saturated carbocycles. The molecule has 27 heavy (non-hydrogen) atoms. The first-order chi connectivity index (χ1) is 12.7. The maximum absolute atomic E-state index is 12.6. The van der Waals surface area contributed by atoms with Gasteiger partial charge < -0.3 is 9.88 Å². The van der Waals surface area contributed by atoms with Crippen LogP contribution < -0.4 is 10.9 Å². The van der Waals surface area contributed by atoms with Crippen molar-refractivity contribution in [2.75, 3.05) is 18.4 Å². The number of amides is 1. The molecule has 1 amide bonds. The summed E-state index contributed by atoms with van der Waals surface area (Å²) in [6.07, 6.45) is 1.49. The largest absolute Gasteiger partial charge is 0.323 e. The van der Waals surface area contributed by atoms with Crippen LogP contribution in [0.25, 0.3) is 0 Å². The maximum atomic E-state index is 12.6. The van der Waals surface area contributed by atoms with Gasteiger partial charge >= 0.3 is 0 Å². The molecule has 0 bridgehead atoms. The number of sulfonamides is 1. The monoisotopic (exact) mass is 475 g/mol. The van der Waals surface area contributed by atoms with Crippen molar-refractivity contribution in [1.82, 2.24) is 8.87 Å². The van der Waals surface area contributed by atoms with Gasteiger partial charge in [0.25, 0.3) is 5.56 Å². The van der Waals surface area contributed by atoms with Gasteiger partial charge in [-0.25, -0.2) is 8.42 Å². The van der Waals surface area contributed by atoms with E-state index in [1.807, 2.05) is 0 Å². The summed E-state index contributed by atoms with van der Waals surface area (Å²) in [6, 6.07) is 7.04. The number of carbonyl (C=O) groups is 1. The highest BCUT2D eigenvalue weighted by Gasteiger charge is 2.22. The van der Waals surface area contributed by atoms with E-state index in [0.29, 0.717) is 17.6 Å². The average Bonchev–Trinajstić information content (AvgIpc) is 2.60. The molecular weight excluding hydrogens is 458 g/mol. The second-order valence-electron chi connectivity index (χ2n) is 5.59. The molecule has 146 valence electrons. The van der Waals surface area contributed by atoms with E-state index in [0.717, 1.165) is 0 Å². The van der Waals surface area contributed by atoms with Crippen LogP contribution in [0.2, 0.25) is 5.02 Å². The predicted octanol–water partition coefficient (Wildman–Crippen LogP) is 2.93. The van der Waals surface area contributed by atoms with Crippen LogP contribution in [0, 0.1) is 0 Å². The molecule has 7 nitrogen and oxygen atoms in total. The second kappa shape index (κ2) is 9.01. The molecule has 0 radical (unpaired) electrons. The van der Waals surface area contributed by atoms with Gasteiger partial charge in [-0.3, -0.25) is 9.59 Å². The van der Waals surface area contributed by atoms with Crippen LogP contribution in [0.3, 0.4) is 0 Å². The minimum atomic E-state index is -3.69. The molecule has 0 aliphatic rings. The van der Waals surface area contributed by atoms with Crippen molar-refractivity contribution in [3.8, 4) is 0 Å². The zero-order chi connectivity index (χ0) is 20.2. The van der Waals surface area contributed by atoms with Crippen molar-refractivity contribution >= 4 is 49.1 Å². The molecule has 1 heterocycles. The van der Waals surface area contributed by atoms with E-state index in [4.69, 9.17) is 11.6 Å². The van der Waals surface area contributed by atoms with Crippen LogP contribution in [0.4, 0.5) is 5.69 Å². The molecule has 0 unspecified atom stereocenters. The Kier molecular flexibility index (Phi) is 7.21. The number of rotatable bonds is 7. The zero-order valence-electron chi connectivity index (χ0n) is 14.8. The number of nitrogens with zero attached hydrogens (tertiary/aromatic N) is 2. The minimum Gasteiger partial charge on any atom is -0.323 e. The number of aromatic nitrogens is 1. The quantitative estimate of drug-likeness (QED) is 0.665. The number of carbonyl (C=O) groups excluding carboxylic acids is 1. The Balaban J connectivity index is 2.27. The number of hydrogen-bond acceptors (Lipinski definition) is 4. The molecule has 1 aromatic heterocycles. The van der Waals surface area contributed by atoms with Crippen LogP contribution in [-0.4, -0.2) is 36.3 Å². The molecule has 0 saturated heterocycles. The summed E-state index contributed by atoms with van der Waals surface area (Å²) >= 11 is 9.34. The van der Waals surface area contributed by atoms with Gasteiger partial charge in [0, 0.05) is 29.8 Å². The van der Waals surface area contributed by atoms with Crippen molar-refractivity contribution in [3.63, 3.8) is 0 Å². The molecule has 1 aromatic carbocycles. The van der Waals surface area contributed by atoms with E-state index in [1.165, 1.54) is 39.3 Å². The van der Waals surface area contributed by atoms with E-state index in [9.17, 15) is 18.0 Å². The number of halogens is 2. The normalized spacial score (nSPS) is 11.6. The van der Waals surface area contributed by atoms with Gasteiger partial charge in [-0.2, -0.15) is 4.31 Å². The molecule has 0 aliphatic carbocycles. The van der Waals surface area contributed by atoms with Crippen LogP contribution in [0.5, 0.6) is 0 Å². The van der Waals surface area contributed by atoms with E-state index in [2.05, 4.69) is 21.2 Å². The summed E-state index contributed by atoms with van der Waals surface area (Å²) in [7, 11) is -3.69. The van der Waals surface area contributed by atoms with Gasteiger partial charge in [-0.15, -0.1) is 0 Å². The fraction of sp³-hybridized carbons (Fsp3) is 0.294. The van der Waals surface area contributed by atoms with Crippen molar-refractivity contribution < 1.29 is 13.2 Å². The van der Waals surface area contributed by atoms with Crippen molar-refractivity contribution in [2.24, 2.45) is 0 Å². The van der Waals surface area contributed by atoms with Crippen LogP contribution in [0.1, 0.15) is 13.8 Å². The fourth-order valence-corrected chi connectivity index (χ4v) is 4.47. The van der Waals surface area contributed by atoms with Crippen molar-refractivity contribution in [1.29, 1.82) is 0 Å². The van der Waals surface area contributed by atoms with Gasteiger partial charge in [0.15, 0.2) is 0 Å². The van der Waals surface area contributed by atoms with E-state index >= 15 is 0 Å². The second-order valence-corrected chi connectivity index (χ2v) is 8.85. The summed E-state index contributed by atoms with van der Waals surface area (Å²) in [5.41, 5.74) is -0.171. The summed E-state index contributed by atoms with van der Waals surface area (Å²) in [6.45, 7) is 3.91. The Labute approximate surface area is 171 Å². The lowest BCUT2D eigenvalue weighted by atomic mass is 10.3. The lowest BCUT2D eigenvalue weighted by Crippen LogP contribution is -2.30. The number of anilines is 1. The van der Waals surface area contributed by atoms with E-state index in [-0.39, 0.29) is 27.7 Å². The summed E-state index contributed by atoms with van der Waals surface area (Å²) < 4.78 is 28.5. The highest BCUT2D eigenvalue weighted by molar-refractivity contribution is 9.10. The van der Waals surface area contributed by atoms with Gasteiger partial charge in [0.1, 0.15) is 6.54 Å². The van der Waals surface area contributed by atoms with Gasteiger partial charge in [0.2, 0.25) is 15.9 Å². The summed E-state index contributed by atoms with van der Waals surface area (Å²) in [5.74, 6) is -0.505. The first kappa shape index (κ1) is 21.6. The molecule has 10 heteroatoms. The Morgan fingerprint density at radius 1 is 1.22 bits per heavy atom. The Bertz CT molecular complexity index is 1000. The number of nitrogens with one attached hydrogen (secondary N) is 1. The number of hydrogen-bond donors (Lipinski definition) is 1. The molecule has 0 aliphatic heterocycles. The van der Waals surface area contributed by atoms with Gasteiger partial charge in [-0.1, -0.05) is 25.4 Å². The summed E-state index contributed by atoms with van der Waals surface area (Å²) in [4.78, 5) is 24.1. The molecule has 2 rings (SSSR count). The molecule has 1 N–H and O–H groups in total. The fourth-order valence-electron chi connectivity index (χ4n) is 2.44. The molecule has 0 spiro atoms. The van der Waals surface area contributed by atoms with Crippen LogP contribution in [-0.2, 0) is 21.4 Å². The molecule has 0 fully saturated rings. The number of benzene rings is 1. The molecular formula is C17H19BrClN3O4S. The minimum absolute atomic E-state index is 0.0329. The van der Waals surface area contributed by atoms with Crippen molar-refractivity contribution in [2.45, 2.75) is 25.3 Å². The lowest BCUT2D eigenvalue weighted by molar-refractivity contribution is -0.116. The van der Waals surface area contributed by atoms with E-state index in [1.54, 1.807) is 19.9 Å². The van der Waals surface area contributed by atoms with Crippen LogP contribution in [0.15, 0.2) is 50.7 Å². The molecule has 0 atom stereocenters. The SMILES string of the molecule is CCN(CC)S(=O)(=O)c1ccc(Cl)c(NC(=O)Cn2cc(Br)ccc2=O)c1. The Morgan fingerprint density at radius 2 is 1.89 bits per heavy atom.